The Hall–Kier alpha value is -3.09. The van der Waals surface area contributed by atoms with E-state index in [1.807, 2.05) is 0 Å². The third kappa shape index (κ3) is 6.20. The number of ketones is 1. The van der Waals surface area contributed by atoms with E-state index in [1.165, 1.54) is 24.6 Å². The molecule has 2 aliphatic carbocycles. The van der Waals surface area contributed by atoms with Crippen molar-refractivity contribution in [1.82, 2.24) is 4.98 Å². The van der Waals surface area contributed by atoms with E-state index in [9.17, 15) is 22.8 Å². The minimum Gasteiger partial charge on any atom is -0.369 e. The van der Waals surface area contributed by atoms with Crippen LogP contribution in [0.3, 0.4) is 0 Å². The van der Waals surface area contributed by atoms with Gasteiger partial charge < -0.3 is 10.7 Å². The van der Waals surface area contributed by atoms with E-state index < -0.39 is 11.6 Å². The Labute approximate surface area is 178 Å². The van der Waals surface area contributed by atoms with Gasteiger partial charge in [0, 0.05) is 35.9 Å². The van der Waals surface area contributed by atoms with Gasteiger partial charge in [0.2, 0.25) is 5.91 Å². The van der Waals surface area contributed by atoms with Crippen LogP contribution in [-0.2, 0) is 9.59 Å². The summed E-state index contributed by atoms with van der Waals surface area (Å²) in [6, 6.07) is 9.50. The van der Waals surface area contributed by atoms with Gasteiger partial charge in [-0.2, -0.15) is 0 Å². The first-order chi connectivity index (χ1) is 14.8. The number of nitrogens with one attached hydrogen (secondary N) is 1. The summed E-state index contributed by atoms with van der Waals surface area (Å²) in [6.07, 6.45) is 7.20. The molecule has 0 spiro atoms. The normalized spacial score (nSPS) is 15.5. The highest BCUT2D eigenvalue weighted by Gasteiger charge is 2.22. The van der Waals surface area contributed by atoms with Crippen molar-refractivity contribution < 1.29 is 22.8 Å². The van der Waals surface area contributed by atoms with Crippen LogP contribution < -0.4 is 5.73 Å². The number of fused-ring (bicyclic) bond motifs is 1. The summed E-state index contributed by atoms with van der Waals surface area (Å²) in [5, 5.41) is 0.451. The smallest absolute Gasteiger partial charge is 0.220 e. The van der Waals surface area contributed by atoms with Gasteiger partial charge in [0.25, 0.3) is 0 Å². The first kappa shape index (κ1) is 22.6. The van der Waals surface area contributed by atoms with Crippen LogP contribution in [0.5, 0.6) is 0 Å². The van der Waals surface area contributed by atoms with E-state index in [0.29, 0.717) is 22.4 Å². The van der Waals surface area contributed by atoms with Gasteiger partial charge in [0.1, 0.15) is 23.2 Å². The minimum atomic E-state index is -0.640. The summed E-state index contributed by atoms with van der Waals surface area (Å²) in [4.78, 5) is 23.3. The Morgan fingerprint density at radius 3 is 2.00 bits per heavy atom. The molecular formula is C24H25F3N2O2. The maximum absolute atomic E-state index is 13.5. The number of aromatic amines is 1. The zero-order valence-electron chi connectivity index (χ0n) is 17.1. The molecule has 4 nitrogen and oxygen atoms in total. The van der Waals surface area contributed by atoms with Gasteiger partial charge >= 0.3 is 0 Å². The van der Waals surface area contributed by atoms with Crippen LogP contribution in [0.25, 0.3) is 22.2 Å². The fraction of sp³-hybridized carbons (Fsp3) is 0.333. The van der Waals surface area contributed by atoms with Crippen molar-refractivity contribution in [3.8, 4) is 11.3 Å². The van der Waals surface area contributed by atoms with Crippen molar-refractivity contribution in [3.63, 3.8) is 0 Å². The number of Topliss-reactive ketones (excluding diaryl/α,β-unsaturated/α-hetero) is 1. The molecule has 0 saturated heterocycles. The third-order valence-corrected chi connectivity index (χ3v) is 5.47. The van der Waals surface area contributed by atoms with Crippen LogP contribution in [0.4, 0.5) is 13.2 Å². The van der Waals surface area contributed by atoms with Crippen LogP contribution in [0.1, 0.15) is 44.9 Å². The Morgan fingerprint density at radius 1 is 0.903 bits per heavy atom. The number of primary amides is 1. The maximum atomic E-state index is 13.5. The highest BCUT2D eigenvalue weighted by Crippen LogP contribution is 2.27. The fourth-order valence-corrected chi connectivity index (χ4v) is 3.41. The molecule has 2 fully saturated rings. The van der Waals surface area contributed by atoms with Crippen LogP contribution >= 0.6 is 0 Å². The van der Waals surface area contributed by atoms with Gasteiger partial charge in [-0.25, -0.2) is 13.2 Å². The second-order valence-corrected chi connectivity index (χ2v) is 7.82. The summed E-state index contributed by atoms with van der Waals surface area (Å²) in [6.45, 7) is 0. The molecule has 0 aliphatic heterocycles. The van der Waals surface area contributed by atoms with Gasteiger partial charge in [-0.05, 0) is 67.6 Å². The number of amides is 1. The molecule has 0 bridgehead atoms. The van der Waals surface area contributed by atoms with E-state index in [2.05, 4.69) is 4.98 Å². The number of carbonyl (C=O) groups excluding carboxylic acids is 2. The lowest BCUT2D eigenvalue weighted by atomic mass is 9.85. The number of rotatable bonds is 2. The van der Waals surface area contributed by atoms with Crippen molar-refractivity contribution in [2.75, 3.05) is 0 Å². The average Bonchev–Trinajstić information content (AvgIpc) is 3.30. The zero-order chi connectivity index (χ0) is 22.4. The Balaban J connectivity index is 0.000000171. The van der Waals surface area contributed by atoms with Gasteiger partial charge in [0.05, 0.1) is 5.52 Å². The van der Waals surface area contributed by atoms with Crippen molar-refractivity contribution in [2.45, 2.75) is 44.9 Å². The SMILES string of the molecule is Fc1ccc(-c2cc3cc(F)cc(F)c3[nH]2)cc1.NC(=O)C1CCC1.O=C1CCCC1. The van der Waals surface area contributed by atoms with E-state index in [4.69, 9.17) is 5.73 Å². The van der Waals surface area contributed by atoms with Crippen LogP contribution in [0, 0.1) is 23.4 Å². The average molecular weight is 430 g/mol. The number of hydrogen-bond acceptors (Lipinski definition) is 2. The molecule has 3 N–H and O–H groups in total. The molecule has 3 aromatic rings. The molecule has 5 rings (SSSR count). The second kappa shape index (κ2) is 10.3. The molecule has 2 aromatic carbocycles. The third-order valence-electron chi connectivity index (χ3n) is 5.47. The predicted octanol–water partition coefficient (Wildman–Crippen LogP) is 5.65. The topological polar surface area (TPSA) is 76.0 Å². The molecule has 7 heteroatoms. The number of carbonyl (C=O) groups is 2. The number of hydrogen-bond donors (Lipinski definition) is 2. The Bertz CT molecular complexity index is 1050. The molecule has 0 radical (unpaired) electrons. The number of benzene rings is 2. The van der Waals surface area contributed by atoms with Crippen LogP contribution in [-0.4, -0.2) is 16.7 Å². The quantitative estimate of drug-likeness (QED) is 0.551. The molecular weight excluding hydrogens is 405 g/mol. The molecule has 2 aliphatic rings. The zero-order valence-corrected chi connectivity index (χ0v) is 17.1. The summed E-state index contributed by atoms with van der Waals surface area (Å²) < 4.78 is 39.4. The first-order valence-electron chi connectivity index (χ1n) is 10.4. The lowest BCUT2D eigenvalue weighted by molar-refractivity contribution is -0.124. The lowest BCUT2D eigenvalue weighted by Gasteiger charge is -2.20. The van der Waals surface area contributed by atoms with E-state index >= 15 is 0 Å². The lowest BCUT2D eigenvalue weighted by Crippen LogP contribution is -2.28. The molecule has 0 atom stereocenters. The highest BCUT2D eigenvalue weighted by atomic mass is 19.1. The van der Waals surface area contributed by atoms with Crippen molar-refractivity contribution in [3.05, 3.63) is 59.9 Å². The van der Waals surface area contributed by atoms with Crippen molar-refractivity contribution in [1.29, 1.82) is 0 Å². The molecule has 31 heavy (non-hydrogen) atoms. The molecule has 164 valence electrons. The second-order valence-electron chi connectivity index (χ2n) is 7.82. The molecule has 1 heterocycles. The molecule has 1 aromatic heterocycles. The maximum Gasteiger partial charge on any atom is 0.220 e. The molecule has 2 saturated carbocycles. The molecule has 1 amide bonds. The predicted molar refractivity (Wildman–Crippen MR) is 114 cm³/mol. The van der Waals surface area contributed by atoms with Gasteiger partial charge in [0.15, 0.2) is 0 Å². The standard InChI is InChI=1S/C14H8F3N.C5H9NO.C5H8O/c15-10-3-1-8(2-4-10)13-6-9-5-11(16)7-12(17)14(9)18-13;6-5(7)4-2-1-3-4;6-5-3-1-2-4-5/h1-7,18H;4H,1-3H2,(H2,6,7);1-4H2. The Morgan fingerprint density at radius 2 is 1.55 bits per heavy atom. The largest absolute Gasteiger partial charge is 0.369 e. The van der Waals surface area contributed by atoms with Gasteiger partial charge in [-0.3, -0.25) is 9.59 Å². The molecule has 0 unspecified atom stereocenters. The van der Waals surface area contributed by atoms with Crippen LogP contribution in [0.15, 0.2) is 42.5 Å². The summed E-state index contributed by atoms with van der Waals surface area (Å²) >= 11 is 0. The summed E-state index contributed by atoms with van der Waals surface area (Å²) in [5.41, 5.74) is 6.54. The van der Waals surface area contributed by atoms with Crippen molar-refractivity contribution >= 4 is 22.6 Å². The number of H-pyrrole nitrogens is 1. The fourth-order valence-electron chi connectivity index (χ4n) is 3.41. The van der Waals surface area contributed by atoms with E-state index in [0.717, 1.165) is 44.6 Å². The van der Waals surface area contributed by atoms with Gasteiger partial charge in [-0.15, -0.1) is 0 Å². The van der Waals surface area contributed by atoms with E-state index in [1.54, 1.807) is 18.2 Å². The van der Waals surface area contributed by atoms with E-state index in [-0.39, 0.29) is 23.2 Å². The highest BCUT2D eigenvalue weighted by molar-refractivity contribution is 5.86. The van der Waals surface area contributed by atoms with Crippen LogP contribution in [0.2, 0.25) is 0 Å². The minimum absolute atomic E-state index is 0.119. The summed E-state index contributed by atoms with van der Waals surface area (Å²) in [7, 11) is 0. The summed E-state index contributed by atoms with van der Waals surface area (Å²) in [5.74, 6) is -1.05. The number of aromatic nitrogens is 1. The number of nitrogens with two attached hydrogens (primary N) is 1. The number of halogens is 3. The van der Waals surface area contributed by atoms with Gasteiger partial charge in [-0.1, -0.05) is 6.42 Å². The monoisotopic (exact) mass is 430 g/mol. The first-order valence-corrected chi connectivity index (χ1v) is 10.4. The Kier molecular flexibility index (Phi) is 7.50. The van der Waals surface area contributed by atoms with Crippen molar-refractivity contribution in [2.24, 2.45) is 11.7 Å².